The molecule has 0 aliphatic heterocycles. The number of hydrogen-bond acceptors (Lipinski definition) is 3. The number of ether oxygens (including phenoxy) is 2. The molecule has 0 fully saturated rings. The van der Waals surface area contributed by atoms with Gasteiger partial charge in [0.2, 0.25) is 0 Å². The first-order valence-electron chi connectivity index (χ1n) is 5.98. The molecule has 0 bridgehead atoms. The zero-order valence-corrected chi connectivity index (χ0v) is 12.3. The smallest absolute Gasteiger partial charge is 0.166 e. The fourth-order valence-corrected chi connectivity index (χ4v) is 2.17. The fourth-order valence-electron chi connectivity index (χ4n) is 1.76. The Bertz CT molecular complexity index is 414. The molecule has 0 aliphatic carbocycles. The maximum atomic E-state index is 9.54. The molecule has 1 N–H and O–H groups in total. The number of benzene rings is 1. The van der Waals surface area contributed by atoms with Gasteiger partial charge in [-0.05, 0) is 26.0 Å². The molecule has 1 aromatic rings. The second kappa shape index (κ2) is 5.81. The van der Waals surface area contributed by atoms with E-state index in [0.717, 1.165) is 5.56 Å². The van der Waals surface area contributed by atoms with Crippen LogP contribution in [0.15, 0.2) is 12.1 Å². The van der Waals surface area contributed by atoms with Gasteiger partial charge >= 0.3 is 0 Å². The van der Waals surface area contributed by atoms with E-state index in [9.17, 15) is 5.11 Å². The van der Waals surface area contributed by atoms with E-state index in [1.807, 2.05) is 27.7 Å². The number of methoxy groups -OCH3 is 1. The molecule has 4 heteroatoms. The standard InChI is InChI=1S/C14H21ClO3/c1-9(2)18-13-11(17-5)7-6-10(15)12(13)14(3,4)8-16/h6-7,9,16H,8H2,1-5H3. The topological polar surface area (TPSA) is 38.7 Å². The molecular weight excluding hydrogens is 252 g/mol. The molecule has 18 heavy (non-hydrogen) atoms. The molecule has 0 spiro atoms. The van der Waals surface area contributed by atoms with Crippen molar-refractivity contribution >= 4 is 11.6 Å². The number of aliphatic hydroxyl groups is 1. The second-order valence-corrected chi connectivity index (χ2v) is 5.57. The molecule has 0 atom stereocenters. The van der Waals surface area contributed by atoms with Crippen LogP contribution in [0.4, 0.5) is 0 Å². The van der Waals surface area contributed by atoms with Gasteiger partial charge in [0.1, 0.15) is 0 Å². The molecule has 0 saturated heterocycles. The zero-order valence-electron chi connectivity index (χ0n) is 11.6. The van der Waals surface area contributed by atoms with Crippen LogP contribution in [-0.2, 0) is 5.41 Å². The summed E-state index contributed by atoms with van der Waals surface area (Å²) in [6.07, 6.45) is 0.00519. The van der Waals surface area contributed by atoms with Crippen molar-refractivity contribution in [1.29, 1.82) is 0 Å². The van der Waals surface area contributed by atoms with Crippen LogP contribution < -0.4 is 9.47 Å². The average Bonchev–Trinajstić information content (AvgIpc) is 2.28. The number of rotatable bonds is 5. The lowest BCUT2D eigenvalue weighted by Crippen LogP contribution is -2.24. The number of aliphatic hydroxyl groups excluding tert-OH is 1. The lowest BCUT2D eigenvalue weighted by Gasteiger charge is -2.28. The molecule has 1 rings (SSSR count). The Hall–Kier alpha value is -0.930. The Morgan fingerprint density at radius 2 is 1.94 bits per heavy atom. The molecule has 0 amide bonds. The van der Waals surface area contributed by atoms with Gasteiger partial charge in [-0.2, -0.15) is 0 Å². The predicted octanol–water partition coefficient (Wildman–Crippen LogP) is 3.41. The molecule has 0 unspecified atom stereocenters. The van der Waals surface area contributed by atoms with Crippen molar-refractivity contribution in [2.45, 2.75) is 39.2 Å². The Kier molecular flexibility index (Phi) is 4.88. The molecule has 102 valence electrons. The number of hydrogen-bond donors (Lipinski definition) is 1. The van der Waals surface area contributed by atoms with E-state index in [1.165, 1.54) is 0 Å². The van der Waals surface area contributed by atoms with Crippen LogP contribution in [0.5, 0.6) is 11.5 Å². The molecule has 3 nitrogen and oxygen atoms in total. The third-order valence-corrected chi connectivity index (χ3v) is 3.03. The van der Waals surface area contributed by atoms with E-state index < -0.39 is 5.41 Å². The van der Waals surface area contributed by atoms with Gasteiger partial charge < -0.3 is 14.6 Å². The molecule has 0 heterocycles. The van der Waals surface area contributed by atoms with Gasteiger partial charge in [0.05, 0.1) is 19.8 Å². The normalized spacial score (nSPS) is 11.8. The van der Waals surface area contributed by atoms with Gasteiger partial charge in [-0.3, -0.25) is 0 Å². The Morgan fingerprint density at radius 3 is 2.39 bits per heavy atom. The van der Waals surface area contributed by atoms with E-state index in [1.54, 1.807) is 19.2 Å². The highest BCUT2D eigenvalue weighted by atomic mass is 35.5. The Morgan fingerprint density at radius 1 is 1.33 bits per heavy atom. The first kappa shape index (κ1) is 15.1. The van der Waals surface area contributed by atoms with Crippen molar-refractivity contribution < 1.29 is 14.6 Å². The quantitative estimate of drug-likeness (QED) is 0.893. The van der Waals surface area contributed by atoms with Crippen LogP contribution in [-0.4, -0.2) is 24.9 Å². The van der Waals surface area contributed by atoms with Gasteiger partial charge in [-0.1, -0.05) is 25.4 Å². The number of halogens is 1. The third-order valence-electron chi connectivity index (χ3n) is 2.72. The maximum absolute atomic E-state index is 9.54. The van der Waals surface area contributed by atoms with Crippen LogP contribution in [0.2, 0.25) is 5.02 Å². The summed E-state index contributed by atoms with van der Waals surface area (Å²) in [4.78, 5) is 0. The van der Waals surface area contributed by atoms with Gasteiger partial charge in [0.25, 0.3) is 0 Å². The highest BCUT2D eigenvalue weighted by Gasteiger charge is 2.29. The van der Waals surface area contributed by atoms with Crippen LogP contribution in [0.25, 0.3) is 0 Å². The molecular formula is C14H21ClO3. The van der Waals surface area contributed by atoms with Crippen molar-refractivity contribution in [2.75, 3.05) is 13.7 Å². The van der Waals surface area contributed by atoms with Gasteiger partial charge in [-0.25, -0.2) is 0 Å². The SMILES string of the molecule is COc1ccc(Cl)c(C(C)(C)CO)c1OC(C)C. The largest absolute Gasteiger partial charge is 0.493 e. The maximum Gasteiger partial charge on any atom is 0.166 e. The van der Waals surface area contributed by atoms with E-state index in [2.05, 4.69) is 0 Å². The summed E-state index contributed by atoms with van der Waals surface area (Å²) in [6, 6.07) is 3.54. The summed E-state index contributed by atoms with van der Waals surface area (Å²) in [5.74, 6) is 1.24. The van der Waals surface area contributed by atoms with Crippen molar-refractivity contribution in [1.82, 2.24) is 0 Å². The van der Waals surface area contributed by atoms with E-state index in [4.69, 9.17) is 21.1 Å². The van der Waals surface area contributed by atoms with E-state index in [0.29, 0.717) is 16.5 Å². The third kappa shape index (κ3) is 3.09. The lowest BCUT2D eigenvalue weighted by atomic mass is 9.84. The van der Waals surface area contributed by atoms with Gasteiger partial charge in [0, 0.05) is 16.0 Å². The summed E-state index contributed by atoms with van der Waals surface area (Å²) in [7, 11) is 1.59. The fraction of sp³-hybridized carbons (Fsp3) is 0.571. The van der Waals surface area contributed by atoms with Gasteiger partial charge in [0.15, 0.2) is 11.5 Å². The van der Waals surface area contributed by atoms with Crippen LogP contribution >= 0.6 is 11.6 Å². The van der Waals surface area contributed by atoms with E-state index in [-0.39, 0.29) is 12.7 Å². The Balaban J connectivity index is 3.45. The summed E-state index contributed by atoms with van der Waals surface area (Å²) in [5.41, 5.74) is 0.287. The minimum absolute atomic E-state index is 0.00519. The second-order valence-electron chi connectivity index (χ2n) is 5.16. The van der Waals surface area contributed by atoms with Crippen LogP contribution in [0, 0.1) is 0 Å². The molecule has 0 radical (unpaired) electrons. The Labute approximate surface area is 114 Å². The van der Waals surface area contributed by atoms with Crippen molar-refractivity contribution in [3.05, 3.63) is 22.7 Å². The highest BCUT2D eigenvalue weighted by molar-refractivity contribution is 6.31. The summed E-state index contributed by atoms with van der Waals surface area (Å²) in [6.45, 7) is 7.70. The minimum atomic E-state index is -0.490. The summed E-state index contributed by atoms with van der Waals surface area (Å²) in [5, 5.41) is 10.1. The first-order chi connectivity index (χ1) is 8.33. The molecule has 0 aromatic heterocycles. The highest BCUT2D eigenvalue weighted by Crippen LogP contribution is 2.43. The molecule has 1 aromatic carbocycles. The lowest BCUT2D eigenvalue weighted by molar-refractivity contribution is 0.197. The van der Waals surface area contributed by atoms with Crippen LogP contribution in [0.3, 0.4) is 0 Å². The molecule has 0 aliphatic rings. The van der Waals surface area contributed by atoms with E-state index >= 15 is 0 Å². The van der Waals surface area contributed by atoms with Crippen molar-refractivity contribution in [3.63, 3.8) is 0 Å². The molecule has 0 saturated carbocycles. The van der Waals surface area contributed by atoms with Crippen LogP contribution in [0.1, 0.15) is 33.3 Å². The average molecular weight is 273 g/mol. The minimum Gasteiger partial charge on any atom is -0.493 e. The van der Waals surface area contributed by atoms with Crippen molar-refractivity contribution in [3.8, 4) is 11.5 Å². The monoisotopic (exact) mass is 272 g/mol. The van der Waals surface area contributed by atoms with Crippen molar-refractivity contribution in [2.24, 2.45) is 0 Å². The first-order valence-corrected chi connectivity index (χ1v) is 6.35. The zero-order chi connectivity index (χ0) is 13.9. The summed E-state index contributed by atoms with van der Waals surface area (Å²) < 4.78 is 11.1. The summed E-state index contributed by atoms with van der Waals surface area (Å²) >= 11 is 6.26. The van der Waals surface area contributed by atoms with Gasteiger partial charge in [-0.15, -0.1) is 0 Å². The predicted molar refractivity (Wildman–Crippen MR) is 73.9 cm³/mol.